The van der Waals surface area contributed by atoms with E-state index in [1.807, 2.05) is 19.1 Å². The van der Waals surface area contributed by atoms with Gasteiger partial charge in [0.2, 0.25) is 0 Å². The van der Waals surface area contributed by atoms with E-state index >= 15 is 0 Å². The van der Waals surface area contributed by atoms with Crippen molar-refractivity contribution in [2.75, 3.05) is 6.80 Å². The smallest absolute Gasteiger partial charge is 0.179 e. The first-order valence-electron chi connectivity index (χ1n) is 6.07. The van der Waals surface area contributed by atoms with Crippen LogP contribution in [-0.4, -0.2) is 18.6 Å². The summed E-state index contributed by atoms with van der Waals surface area (Å²) >= 11 is 0. The lowest BCUT2D eigenvalue weighted by atomic mass is 10.00. The Hall–Kier alpha value is -1.68. The van der Waals surface area contributed by atoms with E-state index in [0.29, 0.717) is 17.6 Å². The zero-order chi connectivity index (χ0) is 13.0. The molecule has 1 unspecified atom stereocenters. The molecule has 0 fully saturated rings. The molecule has 0 radical (unpaired) electrons. The minimum absolute atomic E-state index is 0.0900. The first-order chi connectivity index (χ1) is 8.76. The van der Waals surface area contributed by atoms with Crippen LogP contribution in [-0.2, 0) is 0 Å². The van der Waals surface area contributed by atoms with Gasteiger partial charge in [-0.05, 0) is 18.6 Å². The van der Waals surface area contributed by atoms with E-state index in [2.05, 4.69) is 5.32 Å². The number of carbonyl (C=O) groups is 1. The summed E-state index contributed by atoms with van der Waals surface area (Å²) in [5.41, 5.74) is 1.23. The SMILES string of the molecule is CCCC(NCF)C(=O)c1ccc2ccoc2c1. The molecule has 1 atom stereocenters. The zero-order valence-electron chi connectivity index (χ0n) is 10.3. The summed E-state index contributed by atoms with van der Waals surface area (Å²) in [7, 11) is 0. The van der Waals surface area contributed by atoms with Crippen LogP contribution >= 0.6 is 0 Å². The second-order valence-corrected chi connectivity index (χ2v) is 4.22. The molecule has 0 aliphatic carbocycles. The Labute approximate surface area is 105 Å². The van der Waals surface area contributed by atoms with Crippen LogP contribution in [0.25, 0.3) is 11.0 Å². The Kier molecular flexibility index (Phi) is 4.10. The molecule has 2 aromatic rings. The number of hydrogen-bond donors (Lipinski definition) is 1. The van der Waals surface area contributed by atoms with Crippen LogP contribution in [0.5, 0.6) is 0 Å². The summed E-state index contributed by atoms with van der Waals surface area (Å²) < 4.78 is 17.6. The first-order valence-corrected chi connectivity index (χ1v) is 6.07. The fourth-order valence-corrected chi connectivity index (χ4v) is 2.02. The van der Waals surface area contributed by atoms with Crippen molar-refractivity contribution in [1.29, 1.82) is 0 Å². The number of halogens is 1. The zero-order valence-corrected chi connectivity index (χ0v) is 10.3. The summed E-state index contributed by atoms with van der Waals surface area (Å²) in [5.74, 6) is -0.0900. The van der Waals surface area contributed by atoms with E-state index in [-0.39, 0.29) is 5.78 Å². The van der Waals surface area contributed by atoms with Gasteiger partial charge in [-0.1, -0.05) is 25.5 Å². The maximum Gasteiger partial charge on any atom is 0.179 e. The second-order valence-electron chi connectivity index (χ2n) is 4.22. The monoisotopic (exact) mass is 249 g/mol. The minimum Gasteiger partial charge on any atom is -0.464 e. The minimum atomic E-state index is -0.695. The molecule has 18 heavy (non-hydrogen) atoms. The molecule has 0 saturated heterocycles. The molecule has 0 saturated carbocycles. The average molecular weight is 249 g/mol. The van der Waals surface area contributed by atoms with Gasteiger partial charge in [0.1, 0.15) is 12.4 Å². The Morgan fingerprint density at radius 2 is 2.28 bits per heavy atom. The number of Topliss-reactive ketones (excluding diaryl/α,β-unsaturated/α-hetero) is 1. The fraction of sp³-hybridized carbons (Fsp3) is 0.357. The molecule has 1 heterocycles. The molecule has 2 rings (SSSR count). The summed E-state index contributed by atoms with van der Waals surface area (Å²) in [4.78, 5) is 12.2. The number of nitrogens with one attached hydrogen (secondary N) is 1. The van der Waals surface area contributed by atoms with Crippen molar-refractivity contribution >= 4 is 16.8 Å². The third-order valence-electron chi connectivity index (χ3n) is 2.96. The van der Waals surface area contributed by atoms with Crippen LogP contribution in [0, 0.1) is 0 Å². The molecular formula is C14H16FNO2. The fourth-order valence-electron chi connectivity index (χ4n) is 2.02. The van der Waals surface area contributed by atoms with Crippen LogP contribution in [0.15, 0.2) is 34.9 Å². The van der Waals surface area contributed by atoms with Crippen molar-refractivity contribution < 1.29 is 13.6 Å². The van der Waals surface area contributed by atoms with E-state index in [0.717, 1.165) is 11.8 Å². The number of rotatable bonds is 6. The normalized spacial score (nSPS) is 12.8. The maximum absolute atomic E-state index is 12.4. The van der Waals surface area contributed by atoms with Crippen molar-refractivity contribution in [3.8, 4) is 0 Å². The third-order valence-corrected chi connectivity index (χ3v) is 2.96. The van der Waals surface area contributed by atoms with Gasteiger partial charge in [0, 0.05) is 10.9 Å². The molecule has 0 bridgehead atoms. The maximum atomic E-state index is 12.4. The van der Waals surface area contributed by atoms with Crippen LogP contribution in [0.2, 0.25) is 0 Å². The molecule has 0 aliphatic rings. The van der Waals surface area contributed by atoms with Gasteiger partial charge >= 0.3 is 0 Å². The number of ketones is 1. The van der Waals surface area contributed by atoms with Gasteiger partial charge < -0.3 is 4.42 Å². The average Bonchev–Trinajstić information content (AvgIpc) is 2.84. The molecular weight excluding hydrogens is 233 g/mol. The molecule has 1 aromatic heterocycles. The van der Waals surface area contributed by atoms with Crippen molar-refractivity contribution in [3.05, 3.63) is 36.1 Å². The lowest BCUT2D eigenvalue weighted by Crippen LogP contribution is -2.36. The molecule has 0 aliphatic heterocycles. The standard InChI is InChI=1S/C14H16FNO2/c1-2-3-12(16-9-15)14(17)11-5-4-10-6-7-18-13(10)8-11/h4-8,12,16H,2-3,9H2,1H3. The highest BCUT2D eigenvalue weighted by Crippen LogP contribution is 2.18. The number of alkyl halides is 1. The number of furan rings is 1. The van der Waals surface area contributed by atoms with Gasteiger partial charge in [0.05, 0.1) is 12.3 Å². The Morgan fingerprint density at radius 1 is 1.44 bits per heavy atom. The quantitative estimate of drug-likeness (QED) is 0.631. The van der Waals surface area contributed by atoms with E-state index in [9.17, 15) is 9.18 Å². The predicted molar refractivity (Wildman–Crippen MR) is 68.4 cm³/mol. The molecule has 1 N–H and O–H groups in total. The Bertz CT molecular complexity index is 529. The third kappa shape index (κ3) is 2.59. The van der Waals surface area contributed by atoms with Crippen molar-refractivity contribution in [1.82, 2.24) is 5.32 Å². The molecule has 3 nitrogen and oxygen atoms in total. The number of carbonyl (C=O) groups excluding carboxylic acids is 1. The van der Waals surface area contributed by atoms with Gasteiger partial charge in [0.15, 0.2) is 5.78 Å². The van der Waals surface area contributed by atoms with Gasteiger partial charge in [0.25, 0.3) is 0 Å². The Balaban J connectivity index is 2.24. The largest absolute Gasteiger partial charge is 0.464 e. The highest BCUT2D eigenvalue weighted by Gasteiger charge is 2.19. The van der Waals surface area contributed by atoms with E-state index < -0.39 is 12.8 Å². The molecule has 96 valence electrons. The van der Waals surface area contributed by atoms with Crippen molar-refractivity contribution in [2.24, 2.45) is 0 Å². The van der Waals surface area contributed by atoms with Gasteiger partial charge in [-0.2, -0.15) is 0 Å². The van der Waals surface area contributed by atoms with Crippen molar-refractivity contribution in [2.45, 2.75) is 25.8 Å². The van der Waals surface area contributed by atoms with E-state index in [4.69, 9.17) is 4.42 Å². The molecule has 4 heteroatoms. The first kappa shape index (κ1) is 12.8. The molecule has 0 spiro atoms. The van der Waals surface area contributed by atoms with Gasteiger partial charge in [-0.3, -0.25) is 10.1 Å². The summed E-state index contributed by atoms with van der Waals surface area (Å²) in [5, 5.41) is 3.53. The topological polar surface area (TPSA) is 42.2 Å². The van der Waals surface area contributed by atoms with Crippen molar-refractivity contribution in [3.63, 3.8) is 0 Å². The molecule has 0 amide bonds. The van der Waals surface area contributed by atoms with Crippen LogP contribution in [0.3, 0.4) is 0 Å². The Morgan fingerprint density at radius 3 is 3.00 bits per heavy atom. The van der Waals surface area contributed by atoms with E-state index in [1.165, 1.54) is 0 Å². The van der Waals surface area contributed by atoms with Gasteiger partial charge in [-0.15, -0.1) is 0 Å². The van der Waals surface area contributed by atoms with Crippen LogP contribution in [0.4, 0.5) is 4.39 Å². The second kappa shape index (κ2) is 5.78. The number of hydrogen-bond acceptors (Lipinski definition) is 3. The molecule has 1 aromatic carbocycles. The lowest BCUT2D eigenvalue weighted by molar-refractivity contribution is 0.0929. The van der Waals surface area contributed by atoms with E-state index in [1.54, 1.807) is 18.4 Å². The van der Waals surface area contributed by atoms with Gasteiger partial charge in [-0.25, -0.2) is 4.39 Å². The highest BCUT2D eigenvalue weighted by molar-refractivity contribution is 6.02. The summed E-state index contributed by atoms with van der Waals surface area (Å²) in [6.07, 6.45) is 3.04. The lowest BCUT2D eigenvalue weighted by Gasteiger charge is -2.14. The predicted octanol–water partition coefficient (Wildman–Crippen LogP) is 3.30. The number of benzene rings is 1. The highest BCUT2D eigenvalue weighted by atomic mass is 19.1. The summed E-state index contributed by atoms with van der Waals surface area (Å²) in [6.45, 7) is 1.27. The van der Waals surface area contributed by atoms with Crippen LogP contribution < -0.4 is 5.32 Å². The summed E-state index contributed by atoms with van der Waals surface area (Å²) in [6, 6.07) is 6.67. The van der Waals surface area contributed by atoms with Crippen LogP contribution in [0.1, 0.15) is 30.1 Å². The number of fused-ring (bicyclic) bond motifs is 1.